The van der Waals surface area contributed by atoms with E-state index in [1.54, 1.807) is 0 Å². The van der Waals surface area contributed by atoms with Crippen LogP contribution in [0.25, 0.3) is 0 Å². The van der Waals surface area contributed by atoms with Crippen molar-refractivity contribution in [3.05, 3.63) is 0 Å². The monoisotopic (exact) mass is 390 g/mol. The molecule has 7 atom stereocenters. The molecule has 0 aromatic carbocycles. The highest BCUT2D eigenvalue weighted by molar-refractivity contribution is 4.94. The quantitative estimate of drug-likeness (QED) is 0.335. The fourth-order valence-corrected chi connectivity index (χ4v) is 5.14. The van der Waals surface area contributed by atoms with E-state index in [1.807, 2.05) is 0 Å². The van der Waals surface area contributed by atoms with E-state index in [-0.39, 0.29) is 23.9 Å². The fraction of sp³-hybridized carbons (Fsp3) is 1.00. The largest absolute Gasteiger partial charge is 0.375 e. The van der Waals surface area contributed by atoms with Crippen molar-refractivity contribution in [1.82, 2.24) is 0 Å². The summed E-state index contributed by atoms with van der Waals surface area (Å²) in [5, 5.41) is 0. The van der Waals surface area contributed by atoms with Crippen LogP contribution in [0.2, 0.25) is 0 Å². The van der Waals surface area contributed by atoms with E-state index < -0.39 is 18.5 Å². The standard InChI is InChI=1S/C23H41F3O/c1-3-5-7-9-15-27-21-14-12-18(16-20(21)24)19-13-11-17(10-8-6-4-2)22(25)23(19)26/h17-23H,3-16H2,1-2H3. The molecule has 0 heterocycles. The normalized spacial score (nSPS) is 37.4. The summed E-state index contributed by atoms with van der Waals surface area (Å²) in [5.74, 6) is -0.456. The molecule has 0 radical (unpaired) electrons. The SMILES string of the molecule is CCCCCCOC1CCC(C2CCC(CCCCC)C(F)C2F)CC1F. The lowest BCUT2D eigenvalue weighted by molar-refractivity contribution is -0.0665. The van der Waals surface area contributed by atoms with E-state index in [0.29, 0.717) is 19.4 Å². The smallest absolute Gasteiger partial charge is 0.134 e. The number of alkyl halides is 3. The van der Waals surface area contributed by atoms with Crippen LogP contribution in [0.15, 0.2) is 0 Å². The molecule has 0 amide bonds. The molecule has 0 saturated heterocycles. The van der Waals surface area contributed by atoms with Gasteiger partial charge in [-0.2, -0.15) is 0 Å². The minimum absolute atomic E-state index is 0.0233. The number of hydrogen-bond acceptors (Lipinski definition) is 1. The Morgan fingerprint density at radius 2 is 1.52 bits per heavy atom. The van der Waals surface area contributed by atoms with E-state index in [1.165, 1.54) is 12.8 Å². The van der Waals surface area contributed by atoms with E-state index in [9.17, 15) is 13.2 Å². The highest BCUT2D eigenvalue weighted by Gasteiger charge is 2.45. The zero-order valence-corrected chi connectivity index (χ0v) is 17.5. The first-order valence-corrected chi connectivity index (χ1v) is 11.6. The van der Waals surface area contributed by atoms with Crippen LogP contribution in [0.1, 0.15) is 97.3 Å². The van der Waals surface area contributed by atoms with Crippen molar-refractivity contribution in [2.24, 2.45) is 17.8 Å². The molecule has 0 N–H and O–H groups in total. The molecule has 0 aromatic heterocycles. The Kier molecular flexibility index (Phi) is 10.5. The van der Waals surface area contributed by atoms with Crippen LogP contribution >= 0.6 is 0 Å². The number of rotatable bonds is 11. The van der Waals surface area contributed by atoms with Gasteiger partial charge in [0.2, 0.25) is 0 Å². The number of unbranched alkanes of at least 4 members (excludes halogenated alkanes) is 5. The van der Waals surface area contributed by atoms with Crippen LogP contribution in [0.4, 0.5) is 13.2 Å². The lowest BCUT2D eigenvalue weighted by atomic mass is 9.68. The molecular formula is C23H41F3O. The third-order valence-corrected chi connectivity index (χ3v) is 6.90. The van der Waals surface area contributed by atoms with Crippen molar-refractivity contribution in [3.8, 4) is 0 Å². The van der Waals surface area contributed by atoms with Gasteiger partial charge in [0.05, 0.1) is 6.10 Å². The van der Waals surface area contributed by atoms with Gasteiger partial charge < -0.3 is 4.74 Å². The Balaban J connectivity index is 1.74. The van der Waals surface area contributed by atoms with Crippen LogP contribution in [-0.2, 0) is 4.74 Å². The predicted molar refractivity (Wildman–Crippen MR) is 106 cm³/mol. The molecule has 2 aliphatic carbocycles. The van der Waals surface area contributed by atoms with Crippen LogP contribution < -0.4 is 0 Å². The molecule has 2 aliphatic rings. The van der Waals surface area contributed by atoms with Gasteiger partial charge in [-0.25, -0.2) is 13.2 Å². The third kappa shape index (κ3) is 6.94. The Bertz CT molecular complexity index is 392. The first kappa shape index (κ1) is 23.0. The molecule has 0 spiro atoms. The lowest BCUT2D eigenvalue weighted by Gasteiger charge is -2.42. The highest BCUT2D eigenvalue weighted by Crippen LogP contribution is 2.44. The van der Waals surface area contributed by atoms with Gasteiger partial charge in [-0.1, -0.05) is 52.4 Å². The van der Waals surface area contributed by atoms with Gasteiger partial charge >= 0.3 is 0 Å². The van der Waals surface area contributed by atoms with E-state index >= 15 is 0 Å². The maximum Gasteiger partial charge on any atom is 0.134 e. The second-order valence-corrected chi connectivity index (χ2v) is 8.94. The van der Waals surface area contributed by atoms with Crippen LogP contribution in [0.3, 0.4) is 0 Å². The van der Waals surface area contributed by atoms with E-state index in [0.717, 1.165) is 57.8 Å². The van der Waals surface area contributed by atoms with Crippen LogP contribution in [0, 0.1) is 17.8 Å². The van der Waals surface area contributed by atoms with Gasteiger partial charge in [-0.3, -0.25) is 0 Å². The summed E-state index contributed by atoms with van der Waals surface area (Å²) in [6.07, 6.45) is 7.60. The third-order valence-electron chi connectivity index (χ3n) is 6.90. The predicted octanol–water partition coefficient (Wildman–Crippen LogP) is 7.37. The molecule has 2 saturated carbocycles. The number of halogens is 3. The zero-order valence-electron chi connectivity index (χ0n) is 17.5. The maximum absolute atomic E-state index is 14.8. The van der Waals surface area contributed by atoms with Gasteiger partial charge in [0.1, 0.15) is 18.5 Å². The molecule has 4 heteroatoms. The molecule has 0 bridgehead atoms. The van der Waals surface area contributed by atoms with Crippen molar-refractivity contribution in [2.45, 2.75) is 122 Å². The molecule has 0 aromatic rings. The number of ether oxygens (including phenoxy) is 1. The summed E-state index contributed by atoms with van der Waals surface area (Å²) in [7, 11) is 0. The van der Waals surface area contributed by atoms with E-state index in [4.69, 9.17) is 4.74 Å². The van der Waals surface area contributed by atoms with Gasteiger partial charge in [-0.15, -0.1) is 0 Å². The topological polar surface area (TPSA) is 9.23 Å². The van der Waals surface area contributed by atoms with Crippen molar-refractivity contribution in [3.63, 3.8) is 0 Å². The van der Waals surface area contributed by atoms with Gasteiger partial charge in [-0.05, 0) is 62.7 Å². The molecule has 2 fully saturated rings. The zero-order chi connectivity index (χ0) is 19.6. The Labute approximate surface area is 164 Å². The second-order valence-electron chi connectivity index (χ2n) is 8.94. The average Bonchev–Trinajstić information content (AvgIpc) is 2.66. The molecule has 27 heavy (non-hydrogen) atoms. The highest BCUT2D eigenvalue weighted by atomic mass is 19.2. The van der Waals surface area contributed by atoms with Crippen molar-refractivity contribution in [1.29, 1.82) is 0 Å². The molecule has 0 aliphatic heterocycles. The lowest BCUT2D eigenvalue weighted by Crippen LogP contribution is -2.44. The van der Waals surface area contributed by atoms with Crippen molar-refractivity contribution in [2.75, 3.05) is 6.61 Å². The first-order chi connectivity index (χ1) is 13.1. The summed E-state index contributed by atoms with van der Waals surface area (Å²) in [6, 6.07) is 0. The molecule has 1 nitrogen and oxygen atoms in total. The number of hydrogen-bond donors (Lipinski definition) is 0. The minimum Gasteiger partial charge on any atom is -0.375 e. The Morgan fingerprint density at radius 3 is 2.22 bits per heavy atom. The van der Waals surface area contributed by atoms with Gasteiger partial charge in [0.15, 0.2) is 0 Å². The summed E-state index contributed by atoms with van der Waals surface area (Å²) < 4.78 is 49.8. The van der Waals surface area contributed by atoms with Crippen LogP contribution in [-0.4, -0.2) is 31.2 Å². The Hall–Kier alpha value is -0.250. The first-order valence-electron chi connectivity index (χ1n) is 11.6. The summed E-state index contributed by atoms with van der Waals surface area (Å²) in [5.41, 5.74) is 0. The molecule has 160 valence electrons. The Morgan fingerprint density at radius 1 is 0.778 bits per heavy atom. The van der Waals surface area contributed by atoms with Crippen LogP contribution in [0.5, 0.6) is 0 Å². The second kappa shape index (κ2) is 12.3. The van der Waals surface area contributed by atoms with Gasteiger partial charge in [0.25, 0.3) is 0 Å². The van der Waals surface area contributed by atoms with Crippen molar-refractivity contribution >= 4 is 0 Å². The molecular weight excluding hydrogens is 349 g/mol. The minimum atomic E-state index is -1.41. The molecule has 7 unspecified atom stereocenters. The maximum atomic E-state index is 14.8. The molecule has 2 rings (SSSR count). The summed E-state index contributed by atoms with van der Waals surface area (Å²) in [6.45, 7) is 4.91. The summed E-state index contributed by atoms with van der Waals surface area (Å²) >= 11 is 0. The fourth-order valence-electron chi connectivity index (χ4n) is 5.14. The average molecular weight is 391 g/mol. The van der Waals surface area contributed by atoms with Crippen molar-refractivity contribution < 1.29 is 17.9 Å². The van der Waals surface area contributed by atoms with E-state index in [2.05, 4.69) is 13.8 Å². The van der Waals surface area contributed by atoms with Gasteiger partial charge in [0, 0.05) is 6.61 Å². The summed E-state index contributed by atoms with van der Waals surface area (Å²) in [4.78, 5) is 0.